The van der Waals surface area contributed by atoms with E-state index in [0.717, 1.165) is 11.9 Å². The second kappa shape index (κ2) is 4.44. The van der Waals surface area contributed by atoms with Gasteiger partial charge in [0, 0.05) is 0 Å². The van der Waals surface area contributed by atoms with Gasteiger partial charge in [0.2, 0.25) is 0 Å². The number of allylic oxidation sites excluding steroid dienone is 2. The van der Waals surface area contributed by atoms with Crippen LogP contribution >= 0.6 is 0 Å². The summed E-state index contributed by atoms with van der Waals surface area (Å²) in [7, 11) is 0. The molecule has 1 rings (SSSR count). The van der Waals surface area contributed by atoms with Gasteiger partial charge >= 0.3 is 0 Å². The average Bonchev–Trinajstić information content (AvgIpc) is 2.51. The quantitative estimate of drug-likeness (QED) is 0.465. The van der Waals surface area contributed by atoms with Gasteiger partial charge < -0.3 is 0 Å². The van der Waals surface area contributed by atoms with E-state index in [1.807, 2.05) is 0 Å². The van der Waals surface area contributed by atoms with Gasteiger partial charge in [-0.3, -0.25) is 4.79 Å². The van der Waals surface area contributed by atoms with Crippen molar-refractivity contribution in [1.29, 1.82) is 0 Å². The largest absolute Gasteiger partial charge is 0.298 e. The molecule has 0 heterocycles. The summed E-state index contributed by atoms with van der Waals surface area (Å²) in [4.78, 5) is 10.7. The minimum absolute atomic E-state index is 0.392. The van der Waals surface area contributed by atoms with E-state index < -0.39 is 0 Å². The van der Waals surface area contributed by atoms with Gasteiger partial charge in [0.25, 0.3) is 0 Å². The zero-order valence-corrected chi connectivity index (χ0v) is 8.05. The molecule has 1 nitrogen and oxygen atoms in total. The number of aldehydes is 1. The van der Waals surface area contributed by atoms with E-state index in [4.69, 9.17) is 0 Å². The number of carbonyl (C=O) groups is 1. The standard InChI is InChI=1S/C11H18O/c1-9(2)11(8-12)7-10-5-3-4-6-10/h7-10H,3-6H2,1-2H3/b11-7-. The fourth-order valence-corrected chi connectivity index (χ4v) is 1.76. The maximum absolute atomic E-state index is 10.7. The molecule has 0 radical (unpaired) electrons. The molecule has 0 saturated heterocycles. The van der Waals surface area contributed by atoms with Gasteiger partial charge in [-0.15, -0.1) is 0 Å². The molecule has 1 aliphatic carbocycles. The van der Waals surface area contributed by atoms with Crippen molar-refractivity contribution in [3.05, 3.63) is 11.6 Å². The van der Waals surface area contributed by atoms with Crippen LogP contribution in [0.4, 0.5) is 0 Å². The summed E-state index contributed by atoms with van der Waals surface area (Å²) in [5, 5.41) is 0. The fourth-order valence-electron chi connectivity index (χ4n) is 1.76. The van der Waals surface area contributed by atoms with Crippen molar-refractivity contribution >= 4 is 6.29 Å². The van der Waals surface area contributed by atoms with Gasteiger partial charge in [0.05, 0.1) is 0 Å². The molecule has 68 valence electrons. The summed E-state index contributed by atoms with van der Waals surface area (Å²) in [6.07, 6.45) is 8.44. The maximum Gasteiger partial charge on any atom is 0.145 e. The topological polar surface area (TPSA) is 17.1 Å². The van der Waals surface area contributed by atoms with Crippen molar-refractivity contribution in [1.82, 2.24) is 0 Å². The van der Waals surface area contributed by atoms with Crippen LogP contribution in [0.3, 0.4) is 0 Å². The number of hydrogen-bond donors (Lipinski definition) is 0. The van der Waals surface area contributed by atoms with Crippen LogP contribution in [0, 0.1) is 11.8 Å². The molecule has 1 saturated carbocycles. The highest BCUT2D eigenvalue weighted by atomic mass is 16.1. The van der Waals surface area contributed by atoms with E-state index in [2.05, 4.69) is 19.9 Å². The van der Waals surface area contributed by atoms with Crippen LogP contribution in [0.2, 0.25) is 0 Å². The van der Waals surface area contributed by atoms with Gasteiger partial charge in [0.1, 0.15) is 6.29 Å². The Bertz CT molecular complexity index is 173. The predicted octanol–water partition coefficient (Wildman–Crippen LogP) is 2.96. The van der Waals surface area contributed by atoms with E-state index in [9.17, 15) is 4.79 Å². The molecule has 1 aliphatic rings. The summed E-state index contributed by atoms with van der Waals surface area (Å²) in [5.41, 5.74) is 0.988. The molecule has 1 heteroatoms. The lowest BCUT2D eigenvalue weighted by Gasteiger charge is -2.07. The van der Waals surface area contributed by atoms with Gasteiger partial charge in [-0.1, -0.05) is 32.8 Å². The summed E-state index contributed by atoms with van der Waals surface area (Å²) >= 11 is 0. The highest BCUT2D eigenvalue weighted by Crippen LogP contribution is 2.27. The Morgan fingerprint density at radius 2 is 1.92 bits per heavy atom. The van der Waals surface area contributed by atoms with Gasteiger partial charge in [-0.2, -0.15) is 0 Å². The Morgan fingerprint density at radius 3 is 2.33 bits per heavy atom. The van der Waals surface area contributed by atoms with Crippen molar-refractivity contribution in [3.8, 4) is 0 Å². The monoisotopic (exact) mass is 166 g/mol. The van der Waals surface area contributed by atoms with Crippen molar-refractivity contribution in [2.24, 2.45) is 11.8 Å². The van der Waals surface area contributed by atoms with Crippen molar-refractivity contribution in [2.75, 3.05) is 0 Å². The lowest BCUT2D eigenvalue weighted by atomic mass is 9.98. The first-order chi connectivity index (χ1) is 5.74. The lowest BCUT2D eigenvalue weighted by molar-refractivity contribution is -0.105. The summed E-state index contributed by atoms with van der Waals surface area (Å²) in [6, 6.07) is 0. The van der Waals surface area contributed by atoms with Gasteiger partial charge in [-0.05, 0) is 30.3 Å². The van der Waals surface area contributed by atoms with E-state index in [1.165, 1.54) is 25.7 Å². The Hall–Kier alpha value is -0.590. The van der Waals surface area contributed by atoms with E-state index in [1.54, 1.807) is 0 Å². The van der Waals surface area contributed by atoms with Crippen LogP contribution in [0.1, 0.15) is 39.5 Å². The van der Waals surface area contributed by atoms with Crippen LogP contribution in [0.15, 0.2) is 11.6 Å². The average molecular weight is 166 g/mol. The van der Waals surface area contributed by atoms with Crippen LogP contribution in [-0.2, 0) is 4.79 Å². The molecule has 0 aromatic heterocycles. The van der Waals surface area contributed by atoms with Crippen LogP contribution in [0.25, 0.3) is 0 Å². The molecular weight excluding hydrogens is 148 g/mol. The molecule has 0 amide bonds. The lowest BCUT2D eigenvalue weighted by Crippen LogP contribution is -1.99. The second-order valence-electron chi connectivity index (χ2n) is 3.98. The Kier molecular flexibility index (Phi) is 3.51. The highest BCUT2D eigenvalue weighted by Gasteiger charge is 2.13. The molecule has 0 spiro atoms. The van der Waals surface area contributed by atoms with Gasteiger partial charge in [-0.25, -0.2) is 0 Å². The number of hydrogen-bond acceptors (Lipinski definition) is 1. The van der Waals surface area contributed by atoms with Crippen molar-refractivity contribution < 1.29 is 4.79 Å². The summed E-state index contributed by atoms with van der Waals surface area (Å²) < 4.78 is 0. The zero-order valence-electron chi connectivity index (χ0n) is 8.05. The molecule has 0 aromatic rings. The Labute approximate surface area is 74.9 Å². The van der Waals surface area contributed by atoms with E-state index in [-0.39, 0.29) is 0 Å². The minimum atomic E-state index is 0.392. The summed E-state index contributed by atoms with van der Waals surface area (Å²) in [6.45, 7) is 4.16. The Morgan fingerprint density at radius 1 is 1.33 bits per heavy atom. The van der Waals surface area contributed by atoms with Crippen LogP contribution < -0.4 is 0 Å². The fraction of sp³-hybridized carbons (Fsp3) is 0.727. The van der Waals surface area contributed by atoms with Crippen molar-refractivity contribution in [2.45, 2.75) is 39.5 Å². The third-order valence-electron chi connectivity index (χ3n) is 2.63. The normalized spacial score (nSPS) is 20.4. The third-order valence-corrected chi connectivity index (χ3v) is 2.63. The third kappa shape index (κ3) is 2.47. The van der Waals surface area contributed by atoms with Crippen molar-refractivity contribution in [3.63, 3.8) is 0 Å². The van der Waals surface area contributed by atoms with E-state index >= 15 is 0 Å². The SMILES string of the molecule is CC(C)/C(C=O)=C\C1CCCC1. The molecule has 0 unspecified atom stereocenters. The first-order valence-electron chi connectivity index (χ1n) is 4.91. The predicted molar refractivity (Wildman–Crippen MR) is 50.9 cm³/mol. The smallest absolute Gasteiger partial charge is 0.145 e. The minimum Gasteiger partial charge on any atom is -0.298 e. The highest BCUT2D eigenvalue weighted by molar-refractivity contribution is 5.73. The molecular formula is C11H18O. The first-order valence-corrected chi connectivity index (χ1v) is 4.91. The summed E-state index contributed by atoms with van der Waals surface area (Å²) in [5.74, 6) is 1.08. The molecule has 0 N–H and O–H groups in total. The van der Waals surface area contributed by atoms with Crippen LogP contribution in [0.5, 0.6) is 0 Å². The molecule has 0 bridgehead atoms. The molecule has 0 aromatic carbocycles. The first kappa shape index (κ1) is 9.50. The second-order valence-corrected chi connectivity index (χ2v) is 3.98. The van der Waals surface area contributed by atoms with Gasteiger partial charge in [0.15, 0.2) is 0 Å². The molecule has 0 aliphatic heterocycles. The van der Waals surface area contributed by atoms with E-state index in [0.29, 0.717) is 11.8 Å². The Balaban J connectivity index is 2.56. The molecule has 0 atom stereocenters. The molecule has 1 fully saturated rings. The number of carbonyl (C=O) groups excluding carboxylic acids is 1. The maximum atomic E-state index is 10.7. The zero-order chi connectivity index (χ0) is 8.97. The van der Waals surface area contributed by atoms with Crippen LogP contribution in [-0.4, -0.2) is 6.29 Å². The molecule has 12 heavy (non-hydrogen) atoms. The number of rotatable bonds is 3.